The standard InChI is InChI=1S/C16H22F3N3OS/c1-12-4-2-3-5-13(12)24-11-15(23)21-10-14(16(17,18)19)22-8-6-20-7-9-22/h2-5,14,20H,6-11H2,1H3,(H,21,23). The first-order valence-electron chi connectivity index (χ1n) is 7.84. The van der Waals surface area contributed by atoms with Gasteiger partial charge in [0, 0.05) is 37.6 Å². The fraction of sp³-hybridized carbons (Fsp3) is 0.562. The van der Waals surface area contributed by atoms with Gasteiger partial charge in [-0.05, 0) is 18.6 Å². The highest BCUT2D eigenvalue weighted by Gasteiger charge is 2.43. The number of rotatable bonds is 6. The van der Waals surface area contributed by atoms with E-state index in [1.807, 2.05) is 31.2 Å². The van der Waals surface area contributed by atoms with E-state index in [1.165, 1.54) is 16.7 Å². The summed E-state index contributed by atoms with van der Waals surface area (Å²) in [6, 6.07) is 5.97. The van der Waals surface area contributed by atoms with E-state index in [0.717, 1.165) is 10.5 Å². The van der Waals surface area contributed by atoms with Gasteiger partial charge in [0.25, 0.3) is 0 Å². The van der Waals surface area contributed by atoms with Crippen LogP contribution in [0.3, 0.4) is 0 Å². The fourth-order valence-corrected chi connectivity index (χ4v) is 3.43. The summed E-state index contributed by atoms with van der Waals surface area (Å²) in [6.45, 7) is 3.25. The van der Waals surface area contributed by atoms with Crippen LogP contribution in [-0.2, 0) is 4.79 Å². The second kappa shape index (κ2) is 8.73. The van der Waals surface area contributed by atoms with Crippen LogP contribution in [0.2, 0.25) is 0 Å². The third-order valence-electron chi connectivity index (χ3n) is 3.92. The number of amides is 1. The van der Waals surface area contributed by atoms with Gasteiger partial charge in [-0.2, -0.15) is 13.2 Å². The molecule has 2 rings (SSSR count). The average molecular weight is 361 g/mol. The molecule has 2 N–H and O–H groups in total. The minimum absolute atomic E-state index is 0.108. The summed E-state index contributed by atoms with van der Waals surface area (Å²) in [5, 5.41) is 5.46. The van der Waals surface area contributed by atoms with Crippen molar-refractivity contribution in [2.45, 2.75) is 24.0 Å². The summed E-state index contributed by atoms with van der Waals surface area (Å²) in [5.41, 5.74) is 1.05. The topological polar surface area (TPSA) is 44.4 Å². The van der Waals surface area contributed by atoms with Crippen molar-refractivity contribution >= 4 is 17.7 Å². The second-order valence-electron chi connectivity index (χ2n) is 5.70. The predicted molar refractivity (Wildman–Crippen MR) is 89.2 cm³/mol. The molecule has 0 aliphatic carbocycles. The summed E-state index contributed by atoms with van der Waals surface area (Å²) >= 11 is 1.33. The van der Waals surface area contributed by atoms with Crippen LogP contribution >= 0.6 is 11.8 Å². The Bertz CT molecular complexity index is 548. The minimum atomic E-state index is -4.35. The maximum atomic E-state index is 13.2. The van der Waals surface area contributed by atoms with Crippen LogP contribution in [-0.4, -0.2) is 61.5 Å². The van der Waals surface area contributed by atoms with Crippen molar-refractivity contribution in [2.75, 3.05) is 38.5 Å². The zero-order valence-electron chi connectivity index (χ0n) is 13.5. The smallest absolute Gasteiger partial charge is 0.353 e. The maximum absolute atomic E-state index is 13.2. The Morgan fingerprint density at radius 2 is 2.00 bits per heavy atom. The van der Waals surface area contributed by atoms with Gasteiger partial charge in [0.05, 0.1) is 5.75 Å². The molecule has 0 saturated carbocycles. The molecule has 1 aromatic carbocycles. The lowest BCUT2D eigenvalue weighted by Crippen LogP contribution is -2.57. The lowest BCUT2D eigenvalue weighted by Gasteiger charge is -2.35. The van der Waals surface area contributed by atoms with Gasteiger partial charge in [-0.3, -0.25) is 9.69 Å². The van der Waals surface area contributed by atoms with Gasteiger partial charge in [0.1, 0.15) is 6.04 Å². The molecule has 1 aliphatic heterocycles. The highest BCUT2D eigenvalue weighted by atomic mass is 32.2. The Morgan fingerprint density at radius 1 is 1.33 bits per heavy atom. The van der Waals surface area contributed by atoms with Gasteiger partial charge >= 0.3 is 6.18 Å². The summed E-state index contributed by atoms with van der Waals surface area (Å²) in [7, 11) is 0. The molecule has 0 radical (unpaired) electrons. The largest absolute Gasteiger partial charge is 0.405 e. The Labute approximate surface area is 144 Å². The number of nitrogens with zero attached hydrogens (tertiary/aromatic N) is 1. The molecule has 134 valence electrons. The number of benzene rings is 1. The Kier molecular flexibility index (Phi) is 6.94. The van der Waals surface area contributed by atoms with Gasteiger partial charge in [0.15, 0.2) is 0 Å². The van der Waals surface area contributed by atoms with E-state index in [4.69, 9.17) is 0 Å². The summed E-state index contributed by atoms with van der Waals surface area (Å²) in [6.07, 6.45) is -4.35. The van der Waals surface area contributed by atoms with E-state index in [1.54, 1.807) is 0 Å². The van der Waals surface area contributed by atoms with Crippen LogP contribution in [0.15, 0.2) is 29.2 Å². The first-order chi connectivity index (χ1) is 11.4. The van der Waals surface area contributed by atoms with Gasteiger partial charge in [-0.15, -0.1) is 11.8 Å². The zero-order chi connectivity index (χ0) is 17.6. The van der Waals surface area contributed by atoms with E-state index in [-0.39, 0.29) is 11.7 Å². The lowest BCUT2D eigenvalue weighted by molar-refractivity contribution is -0.183. The molecule has 0 aromatic heterocycles. The van der Waals surface area contributed by atoms with Crippen molar-refractivity contribution in [3.63, 3.8) is 0 Å². The van der Waals surface area contributed by atoms with E-state index < -0.39 is 18.8 Å². The Morgan fingerprint density at radius 3 is 2.62 bits per heavy atom. The van der Waals surface area contributed by atoms with Gasteiger partial charge in [0.2, 0.25) is 5.91 Å². The number of hydrogen-bond acceptors (Lipinski definition) is 4. The summed E-state index contributed by atoms with van der Waals surface area (Å²) < 4.78 is 39.7. The van der Waals surface area contributed by atoms with Crippen LogP contribution in [0.25, 0.3) is 0 Å². The molecule has 1 fully saturated rings. The van der Waals surface area contributed by atoms with Crippen LogP contribution in [0, 0.1) is 6.92 Å². The van der Waals surface area contributed by atoms with Crippen molar-refractivity contribution in [3.8, 4) is 0 Å². The maximum Gasteiger partial charge on any atom is 0.405 e. The number of aryl methyl sites for hydroxylation is 1. The van der Waals surface area contributed by atoms with E-state index in [0.29, 0.717) is 26.2 Å². The molecule has 1 aliphatic rings. The van der Waals surface area contributed by atoms with E-state index in [9.17, 15) is 18.0 Å². The number of carbonyl (C=O) groups is 1. The SMILES string of the molecule is Cc1ccccc1SCC(=O)NCC(N1CCNCC1)C(F)(F)F. The number of halogens is 3. The minimum Gasteiger partial charge on any atom is -0.353 e. The molecular weight excluding hydrogens is 339 g/mol. The van der Waals surface area contributed by atoms with E-state index in [2.05, 4.69) is 10.6 Å². The van der Waals surface area contributed by atoms with Crippen LogP contribution in [0.5, 0.6) is 0 Å². The molecule has 8 heteroatoms. The monoisotopic (exact) mass is 361 g/mol. The predicted octanol–water partition coefficient (Wildman–Crippen LogP) is 2.04. The van der Waals surface area contributed by atoms with Crippen LogP contribution in [0.4, 0.5) is 13.2 Å². The highest BCUT2D eigenvalue weighted by molar-refractivity contribution is 8.00. The fourth-order valence-electron chi connectivity index (χ4n) is 2.57. The number of alkyl halides is 3. The summed E-state index contributed by atoms with van der Waals surface area (Å²) in [4.78, 5) is 14.3. The van der Waals surface area contributed by atoms with Crippen molar-refractivity contribution in [3.05, 3.63) is 29.8 Å². The van der Waals surface area contributed by atoms with Crippen molar-refractivity contribution < 1.29 is 18.0 Å². The molecule has 1 aromatic rings. The third kappa shape index (κ3) is 5.68. The first-order valence-corrected chi connectivity index (χ1v) is 8.83. The zero-order valence-corrected chi connectivity index (χ0v) is 14.3. The number of thioether (sulfide) groups is 1. The molecule has 24 heavy (non-hydrogen) atoms. The summed E-state index contributed by atoms with van der Waals surface area (Å²) in [5.74, 6) is -0.274. The highest BCUT2D eigenvalue weighted by Crippen LogP contribution is 2.25. The average Bonchev–Trinajstić information content (AvgIpc) is 2.54. The Balaban J connectivity index is 1.84. The quantitative estimate of drug-likeness (QED) is 0.761. The molecule has 0 spiro atoms. The molecule has 1 saturated heterocycles. The molecular formula is C16H22F3N3OS. The van der Waals surface area contributed by atoms with Crippen LogP contribution < -0.4 is 10.6 Å². The van der Waals surface area contributed by atoms with Crippen molar-refractivity contribution in [1.82, 2.24) is 15.5 Å². The molecule has 1 amide bonds. The molecule has 0 bridgehead atoms. The number of hydrogen-bond donors (Lipinski definition) is 2. The lowest BCUT2D eigenvalue weighted by atomic mass is 10.2. The molecule has 1 heterocycles. The number of piperazine rings is 1. The number of nitrogens with one attached hydrogen (secondary N) is 2. The molecule has 4 nitrogen and oxygen atoms in total. The van der Waals surface area contributed by atoms with Gasteiger partial charge in [-0.1, -0.05) is 18.2 Å². The van der Waals surface area contributed by atoms with Gasteiger partial charge < -0.3 is 10.6 Å². The molecule has 1 unspecified atom stereocenters. The van der Waals surface area contributed by atoms with Crippen molar-refractivity contribution in [1.29, 1.82) is 0 Å². The first kappa shape index (κ1) is 19.1. The van der Waals surface area contributed by atoms with Crippen molar-refractivity contribution in [2.24, 2.45) is 0 Å². The molecule has 1 atom stereocenters. The normalized spacial score (nSPS) is 17.5. The van der Waals surface area contributed by atoms with Crippen LogP contribution in [0.1, 0.15) is 5.56 Å². The van der Waals surface area contributed by atoms with E-state index >= 15 is 0 Å². The second-order valence-corrected chi connectivity index (χ2v) is 6.72. The Hall–Kier alpha value is -1.25. The third-order valence-corrected chi connectivity index (χ3v) is 5.09. The van der Waals surface area contributed by atoms with Gasteiger partial charge in [-0.25, -0.2) is 0 Å². The number of carbonyl (C=O) groups excluding carboxylic acids is 1.